The third-order valence-corrected chi connectivity index (χ3v) is 3.74. The standard InChI is InChI=1S/C14H11ClF3N3O/c15-11-3-1-9(7-19-11)8-20-5-6-21-12(22)4-2-10(13(20)21)14(16,17)18/h1-4,7H,5-6,8H2. The zero-order chi connectivity index (χ0) is 15.9. The predicted molar refractivity (Wildman–Crippen MR) is 76.0 cm³/mol. The normalized spacial score (nSPS) is 14.3. The number of hydrogen-bond donors (Lipinski definition) is 0. The monoisotopic (exact) mass is 329 g/mol. The molecule has 0 spiro atoms. The molecule has 4 nitrogen and oxygen atoms in total. The molecule has 0 saturated carbocycles. The molecule has 0 fully saturated rings. The van der Waals surface area contributed by atoms with Crippen molar-refractivity contribution < 1.29 is 13.2 Å². The Labute approximate surface area is 128 Å². The second kappa shape index (κ2) is 5.31. The lowest BCUT2D eigenvalue weighted by atomic mass is 10.2. The number of halogens is 4. The first-order valence-electron chi connectivity index (χ1n) is 6.52. The number of rotatable bonds is 2. The van der Waals surface area contributed by atoms with Crippen molar-refractivity contribution in [3.05, 3.63) is 57.1 Å². The summed E-state index contributed by atoms with van der Waals surface area (Å²) in [6.07, 6.45) is -3.00. The Hall–Kier alpha value is -2.02. The van der Waals surface area contributed by atoms with Gasteiger partial charge in [0.2, 0.25) is 0 Å². The molecule has 0 atom stereocenters. The molecule has 0 unspecified atom stereocenters. The Kier molecular flexibility index (Phi) is 3.60. The van der Waals surface area contributed by atoms with Gasteiger partial charge in [0.15, 0.2) is 0 Å². The van der Waals surface area contributed by atoms with Crippen LogP contribution >= 0.6 is 11.6 Å². The summed E-state index contributed by atoms with van der Waals surface area (Å²) in [5, 5.41) is 0.317. The molecule has 0 aliphatic carbocycles. The van der Waals surface area contributed by atoms with Gasteiger partial charge < -0.3 is 4.90 Å². The molecule has 8 heteroatoms. The van der Waals surface area contributed by atoms with E-state index in [-0.39, 0.29) is 18.9 Å². The largest absolute Gasteiger partial charge is 0.419 e. The first kappa shape index (κ1) is 14.9. The summed E-state index contributed by atoms with van der Waals surface area (Å²) < 4.78 is 40.7. The summed E-state index contributed by atoms with van der Waals surface area (Å²) >= 11 is 5.70. The van der Waals surface area contributed by atoms with E-state index in [4.69, 9.17) is 11.6 Å². The summed E-state index contributed by atoms with van der Waals surface area (Å²) in [5.41, 5.74) is -0.506. The lowest BCUT2D eigenvalue weighted by Crippen LogP contribution is -2.25. The van der Waals surface area contributed by atoms with Gasteiger partial charge in [-0.1, -0.05) is 17.7 Å². The third-order valence-electron chi connectivity index (χ3n) is 3.52. The molecule has 1 aliphatic heterocycles. The number of alkyl halides is 3. The van der Waals surface area contributed by atoms with Gasteiger partial charge in [-0.3, -0.25) is 9.36 Å². The second-order valence-electron chi connectivity index (χ2n) is 4.97. The Morgan fingerprint density at radius 3 is 2.59 bits per heavy atom. The van der Waals surface area contributed by atoms with Gasteiger partial charge in [0.25, 0.3) is 5.56 Å². The maximum atomic E-state index is 13.2. The van der Waals surface area contributed by atoms with E-state index in [0.29, 0.717) is 11.7 Å². The maximum Gasteiger partial charge on any atom is 0.419 e. The minimum atomic E-state index is -4.51. The van der Waals surface area contributed by atoms with Gasteiger partial charge in [0.05, 0.1) is 5.56 Å². The van der Waals surface area contributed by atoms with Gasteiger partial charge in [0, 0.05) is 31.9 Å². The van der Waals surface area contributed by atoms with Crippen LogP contribution in [0.1, 0.15) is 11.1 Å². The minimum absolute atomic E-state index is 0.0880. The van der Waals surface area contributed by atoms with Gasteiger partial charge in [-0.25, -0.2) is 4.98 Å². The van der Waals surface area contributed by atoms with E-state index in [1.165, 1.54) is 11.1 Å². The molecule has 0 amide bonds. The zero-order valence-electron chi connectivity index (χ0n) is 11.3. The zero-order valence-corrected chi connectivity index (χ0v) is 12.0. The second-order valence-corrected chi connectivity index (χ2v) is 5.36. The fraction of sp³-hybridized carbons (Fsp3) is 0.286. The summed E-state index contributed by atoms with van der Waals surface area (Å²) in [6.45, 7) is 0.806. The van der Waals surface area contributed by atoms with Crippen LogP contribution in [-0.2, 0) is 19.3 Å². The Morgan fingerprint density at radius 2 is 1.95 bits per heavy atom. The maximum absolute atomic E-state index is 13.2. The summed E-state index contributed by atoms with van der Waals surface area (Å²) in [4.78, 5) is 17.2. The molecule has 2 aromatic rings. The summed E-state index contributed by atoms with van der Waals surface area (Å²) in [5.74, 6) is -0.0880. The Balaban J connectivity index is 2.01. The molecule has 3 heterocycles. The van der Waals surface area contributed by atoms with Crippen LogP contribution in [-0.4, -0.2) is 16.1 Å². The molecule has 22 heavy (non-hydrogen) atoms. The van der Waals surface area contributed by atoms with Crippen molar-refractivity contribution in [2.45, 2.75) is 19.3 Å². The van der Waals surface area contributed by atoms with Crippen LogP contribution in [0.5, 0.6) is 0 Å². The van der Waals surface area contributed by atoms with Crippen LogP contribution in [0, 0.1) is 0 Å². The Bertz CT molecular complexity index is 755. The predicted octanol–water partition coefficient (Wildman–Crippen LogP) is 2.94. The molecule has 116 valence electrons. The highest BCUT2D eigenvalue weighted by Crippen LogP contribution is 2.37. The molecule has 0 bridgehead atoms. The quantitative estimate of drug-likeness (QED) is 0.795. The number of pyridine rings is 2. The van der Waals surface area contributed by atoms with Crippen molar-refractivity contribution in [3.8, 4) is 0 Å². The summed E-state index contributed by atoms with van der Waals surface area (Å²) in [7, 11) is 0. The molecule has 0 N–H and O–H groups in total. The first-order valence-corrected chi connectivity index (χ1v) is 6.90. The van der Waals surface area contributed by atoms with Crippen molar-refractivity contribution in [1.82, 2.24) is 9.55 Å². The smallest absolute Gasteiger partial charge is 0.351 e. The molecule has 2 aromatic heterocycles. The van der Waals surface area contributed by atoms with Crippen LogP contribution in [0.2, 0.25) is 5.15 Å². The SMILES string of the molecule is O=c1ccc(C(F)(F)F)c2n1CCN2Cc1ccc(Cl)nc1. The average molecular weight is 330 g/mol. The van der Waals surface area contributed by atoms with E-state index in [0.717, 1.165) is 22.3 Å². The molecule has 0 aromatic carbocycles. The molecular weight excluding hydrogens is 319 g/mol. The van der Waals surface area contributed by atoms with Crippen LogP contribution in [0.25, 0.3) is 0 Å². The van der Waals surface area contributed by atoms with E-state index < -0.39 is 17.3 Å². The van der Waals surface area contributed by atoms with Crippen LogP contribution in [0.3, 0.4) is 0 Å². The number of nitrogens with zero attached hydrogens (tertiary/aromatic N) is 3. The first-order chi connectivity index (χ1) is 10.4. The average Bonchev–Trinajstić information content (AvgIpc) is 2.85. The van der Waals surface area contributed by atoms with Gasteiger partial charge in [-0.2, -0.15) is 13.2 Å². The fourth-order valence-corrected chi connectivity index (χ4v) is 2.66. The number of aromatic nitrogens is 2. The fourth-order valence-electron chi connectivity index (χ4n) is 2.55. The van der Waals surface area contributed by atoms with E-state index in [2.05, 4.69) is 4.98 Å². The van der Waals surface area contributed by atoms with Gasteiger partial charge in [-0.05, 0) is 17.7 Å². The van der Waals surface area contributed by atoms with Crippen LogP contribution in [0.4, 0.5) is 19.0 Å². The topological polar surface area (TPSA) is 38.1 Å². The molecule has 0 saturated heterocycles. The van der Waals surface area contributed by atoms with Crippen molar-refractivity contribution in [3.63, 3.8) is 0 Å². The minimum Gasteiger partial charge on any atom is -0.351 e. The van der Waals surface area contributed by atoms with E-state index in [9.17, 15) is 18.0 Å². The third kappa shape index (κ3) is 2.68. The lowest BCUT2D eigenvalue weighted by molar-refractivity contribution is -0.137. The van der Waals surface area contributed by atoms with Crippen molar-refractivity contribution in [1.29, 1.82) is 0 Å². The molecule has 3 rings (SSSR count). The highest BCUT2D eigenvalue weighted by atomic mass is 35.5. The van der Waals surface area contributed by atoms with E-state index in [1.54, 1.807) is 12.1 Å². The molecular formula is C14H11ClF3N3O. The van der Waals surface area contributed by atoms with Gasteiger partial charge in [0.1, 0.15) is 11.0 Å². The van der Waals surface area contributed by atoms with Gasteiger partial charge >= 0.3 is 6.18 Å². The summed E-state index contributed by atoms with van der Waals surface area (Å²) in [6, 6.07) is 5.08. The highest BCUT2D eigenvalue weighted by Gasteiger charge is 2.38. The van der Waals surface area contributed by atoms with Crippen LogP contribution in [0.15, 0.2) is 35.3 Å². The van der Waals surface area contributed by atoms with E-state index >= 15 is 0 Å². The molecule has 1 aliphatic rings. The van der Waals surface area contributed by atoms with E-state index in [1.807, 2.05) is 0 Å². The van der Waals surface area contributed by atoms with Crippen molar-refractivity contribution in [2.24, 2.45) is 0 Å². The number of hydrogen-bond acceptors (Lipinski definition) is 3. The van der Waals surface area contributed by atoms with Gasteiger partial charge in [-0.15, -0.1) is 0 Å². The van der Waals surface area contributed by atoms with Crippen LogP contribution < -0.4 is 10.5 Å². The lowest BCUT2D eigenvalue weighted by Gasteiger charge is -2.22. The van der Waals surface area contributed by atoms with Crippen molar-refractivity contribution >= 4 is 17.4 Å². The number of anilines is 1. The Morgan fingerprint density at radius 1 is 1.18 bits per heavy atom. The highest BCUT2D eigenvalue weighted by molar-refractivity contribution is 6.29. The molecule has 0 radical (unpaired) electrons. The van der Waals surface area contributed by atoms with Crippen molar-refractivity contribution in [2.75, 3.05) is 11.4 Å². The number of fused-ring (bicyclic) bond motifs is 1.